The Labute approximate surface area is 199 Å². The summed E-state index contributed by atoms with van der Waals surface area (Å²) in [5, 5.41) is 17.5. The maximum absolute atomic E-state index is 13.1. The molecule has 3 amide bonds. The van der Waals surface area contributed by atoms with Gasteiger partial charge in [-0.05, 0) is 36.8 Å². The Morgan fingerprint density at radius 2 is 1.58 bits per heavy atom. The van der Waals surface area contributed by atoms with Crippen molar-refractivity contribution in [2.75, 3.05) is 12.0 Å². The number of amides is 3. The quantitative estimate of drug-likeness (QED) is 0.266. The van der Waals surface area contributed by atoms with Crippen LogP contribution in [-0.2, 0) is 25.6 Å². The van der Waals surface area contributed by atoms with Crippen molar-refractivity contribution in [3.05, 3.63) is 35.9 Å². The molecule has 0 saturated heterocycles. The van der Waals surface area contributed by atoms with Crippen LogP contribution in [0.5, 0.6) is 0 Å². The minimum Gasteiger partial charge on any atom is -0.480 e. The summed E-state index contributed by atoms with van der Waals surface area (Å²) in [6, 6.07) is 5.25. The Kier molecular flexibility index (Phi) is 12.5. The first kappa shape index (κ1) is 28.4. The van der Waals surface area contributed by atoms with E-state index in [-0.39, 0.29) is 12.3 Å². The van der Waals surface area contributed by atoms with Crippen LogP contribution in [0.3, 0.4) is 0 Å². The van der Waals surface area contributed by atoms with E-state index in [1.54, 1.807) is 31.2 Å². The molecule has 0 aliphatic heterocycles. The molecule has 5 unspecified atom stereocenters. The molecule has 0 aliphatic rings. The van der Waals surface area contributed by atoms with E-state index in [4.69, 9.17) is 5.73 Å². The lowest BCUT2D eigenvalue weighted by molar-refractivity contribution is -0.142. The smallest absolute Gasteiger partial charge is 0.326 e. The molecule has 0 bridgehead atoms. The molecular formula is C23H36N4O5S. The van der Waals surface area contributed by atoms with Gasteiger partial charge in [-0.25, -0.2) is 4.79 Å². The topological polar surface area (TPSA) is 151 Å². The Bertz CT molecular complexity index is 790. The summed E-state index contributed by atoms with van der Waals surface area (Å²) in [6.07, 6.45) is 2.95. The zero-order chi connectivity index (χ0) is 25.0. The van der Waals surface area contributed by atoms with E-state index < -0.39 is 47.9 Å². The van der Waals surface area contributed by atoms with E-state index >= 15 is 0 Å². The molecule has 1 rings (SSSR count). The third-order valence-corrected chi connectivity index (χ3v) is 5.99. The highest BCUT2D eigenvalue weighted by Crippen LogP contribution is 2.11. The number of thioether (sulfide) groups is 1. The number of nitrogens with one attached hydrogen (secondary N) is 3. The number of benzene rings is 1. The summed E-state index contributed by atoms with van der Waals surface area (Å²) in [4.78, 5) is 49.9. The van der Waals surface area contributed by atoms with E-state index in [0.29, 0.717) is 18.6 Å². The highest BCUT2D eigenvalue weighted by Gasteiger charge is 2.32. The summed E-state index contributed by atoms with van der Waals surface area (Å²) < 4.78 is 0. The summed E-state index contributed by atoms with van der Waals surface area (Å²) in [7, 11) is 0. The van der Waals surface area contributed by atoms with Crippen LogP contribution in [0.4, 0.5) is 0 Å². The average molecular weight is 481 g/mol. The number of carbonyl (C=O) groups is 4. The molecule has 0 spiro atoms. The lowest BCUT2D eigenvalue weighted by atomic mass is 9.96. The molecule has 0 radical (unpaired) electrons. The van der Waals surface area contributed by atoms with Gasteiger partial charge in [0.05, 0.1) is 6.04 Å². The Balaban J connectivity index is 2.98. The zero-order valence-corrected chi connectivity index (χ0v) is 20.5. The first-order valence-electron chi connectivity index (χ1n) is 11.0. The SMILES string of the molecule is CCC(C)C(NC(=O)C(CCSC)NC(=O)C(C)N)C(=O)NC(Cc1ccccc1)C(=O)O. The molecule has 0 aliphatic carbocycles. The molecule has 5 atom stereocenters. The van der Waals surface area contributed by atoms with Crippen molar-refractivity contribution in [1.82, 2.24) is 16.0 Å². The maximum Gasteiger partial charge on any atom is 0.326 e. The third-order valence-electron chi connectivity index (χ3n) is 5.35. The number of rotatable bonds is 14. The van der Waals surface area contributed by atoms with Crippen LogP contribution < -0.4 is 21.7 Å². The molecule has 9 nitrogen and oxygen atoms in total. The molecule has 33 heavy (non-hydrogen) atoms. The second-order valence-electron chi connectivity index (χ2n) is 8.09. The lowest BCUT2D eigenvalue weighted by Crippen LogP contribution is -2.58. The van der Waals surface area contributed by atoms with Gasteiger partial charge in [-0.2, -0.15) is 11.8 Å². The van der Waals surface area contributed by atoms with E-state index in [9.17, 15) is 24.3 Å². The molecule has 0 heterocycles. The molecular weight excluding hydrogens is 444 g/mol. The third kappa shape index (κ3) is 9.83. The van der Waals surface area contributed by atoms with Gasteiger partial charge in [0.25, 0.3) is 0 Å². The van der Waals surface area contributed by atoms with E-state index in [0.717, 1.165) is 5.56 Å². The number of carboxylic acids is 1. The Morgan fingerprint density at radius 1 is 0.970 bits per heavy atom. The largest absolute Gasteiger partial charge is 0.480 e. The molecule has 6 N–H and O–H groups in total. The van der Waals surface area contributed by atoms with Crippen LogP contribution in [0.2, 0.25) is 0 Å². The molecule has 10 heteroatoms. The predicted molar refractivity (Wildman–Crippen MR) is 130 cm³/mol. The van der Waals surface area contributed by atoms with Gasteiger partial charge in [0, 0.05) is 6.42 Å². The van der Waals surface area contributed by atoms with Gasteiger partial charge in [-0.15, -0.1) is 0 Å². The lowest BCUT2D eigenvalue weighted by Gasteiger charge is -2.28. The Hall–Kier alpha value is -2.59. The van der Waals surface area contributed by atoms with Crippen molar-refractivity contribution in [3.8, 4) is 0 Å². The van der Waals surface area contributed by atoms with Crippen LogP contribution in [0, 0.1) is 5.92 Å². The molecule has 0 saturated carbocycles. The van der Waals surface area contributed by atoms with Gasteiger partial charge in [-0.1, -0.05) is 50.6 Å². The first-order valence-corrected chi connectivity index (χ1v) is 12.4. The first-order chi connectivity index (χ1) is 15.6. The standard InChI is InChI=1S/C23H36N4O5S/c1-5-14(2)19(27-21(29)17(11-12-33-4)25-20(28)15(3)24)22(30)26-18(23(31)32)13-16-9-7-6-8-10-16/h6-10,14-15,17-19H,5,11-13,24H2,1-4H3,(H,25,28)(H,26,30)(H,27,29)(H,31,32). The van der Waals surface area contributed by atoms with Crippen molar-refractivity contribution >= 4 is 35.5 Å². The van der Waals surface area contributed by atoms with Crippen LogP contribution >= 0.6 is 11.8 Å². The second kappa shape index (κ2) is 14.5. The van der Waals surface area contributed by atoms with Crippen LogP contribution in [0.1, 0.15) is 39.2 Å². The normalized spacial score (nSPS) is 15.4. The average Bonchev–Trinajstić information content (AvgIpc) is 2.79. The minimum atomic E-state index is -1.16. The highest BCUT2D eigenvalue weighted by molar-refractivity contribution is 7.98. The van der Waals surface area contributed by atoms with E-state index in [1.807, 2.05) is 19.2 Å². The van der Waals surface area contributed by atoms with Crippen LogP contribution in [0.15, 0.2) is 30.3 Å². The molecule has 0 fully saturated rings. The highest BCUT2D eigenvalue weighted by atomic mass is 32.2. The summed E-state index contributed by atoms with van der Waals surface area (Å²) in [5.74, 6) is -2.35. The van der Waals surface area contributed by atoms with Gasteiger partial charge in [-0.3, -0.25) is 14.4 Å². The number of carboxylic acid groups (broad SMARTS) is 1. The van der Waals surface area contributed by atoms with Crippen molar-refractivity contribution in [3.63, 3.8) is 0 Å². The molecule has 1 aromatic rings. The van der Waals surface area contributed by atoms with E-state index in [1.165, 1.54) is 18.7 Å². The molecule has 1 aromatic carbocycles. The molecule has 0 aromatic heterocycles. The maximum atomic E-state index is 13.1. The van der Waals surface area contributed by atoms with Gasteiger partial charge in [0.2, 0.25) is 17.7 Å². The monoisotopic (exact) mass is 480 g/mol. The minimum absolute atomic E-state index is 0.115. The Morgan fingerprint density at radius 3 is 2.09 bits per heavy atom. The second-order valence-corrected chi connectivity index (χ2v) is 9.08. The van der Waals surface area contributed by atoms with Gasteiger partial charge in [0.15, 0.2) is 0 Å². The van der Waals surface area contributed by atoms with Gasteiger partial charge >= 0.3 is 5.97 Å². The summed E-state index contributed by atoms with van der Waals surface area (Å²) in [6.45, 7) is 5.20. The molecule has 184 valence electrons. The fourth-order valence-electron chi connectivity index (χ4n) is 3.07. The fourth-order valence-corrected chi connectivity index (χ4v) is 3.55. The van der Waals surface area contributed by atoms with E-state index in [2.05, 4.69) is 16.0 Å². The summed E-state index contributed by atoms with van der Waals surface area (Å²) >= 11 is 1.52. The van der Waals surface area contributed by atoms with Crippen molar-refractivity contribution in [2.45, 2.75) is 64.2 Å². The fraction of sp³-hybridized carbons (Fsp3) is 0.565. The number of carbonyl (C=O) groups excluding carboxylic acids is 3. The van der Waals surface area contributed by atoms with Crippen molar-refractivity contribution < 1.29 is 24.3 Å². The van der Waals surface area contributed by atoms with Gasteiger partial charge < -0.3 is 26.8 Å². The van der Waals surface area contributed by atoms with Crippen molar-refractivity contribution in [2.24, 2.45) is 11.7 Å². The van der Waals surface area contributed by atoms with Crippen LogP contribution in [-0.4, -0.2) is 65.0 Å². The number of hydrogen-bond acceptors (Lipinski definition) is 6. The number of nitrogens with two attached hydrogens (primary N) is 1. The predicted octanol–water partition coefficient (Wildman–Crippen LogP) is 0.915. The van der Waals surface area contributed by atoms with Crippen molar-refractivity contribution in [1.29, 1.82) is 0 Å². The number of hydrogen-bond donors (Lipinski definition) is 5. The zero-order valence-electron chi connectivity index (χ0n) is 19.7. The van der Waals surface area contributed by atoms with Gasteiger partial charge in [0.1, 0.15) is 18.1 Å². The summed E-state index contributed by atoms with van der Waals surface area (Å²) in [5.41, 5.74) is 6.38. The number of aliphatic carboxylic acids is 1. The van der Waals surface area contributed by atoms with Crippen LogP contribution in [0.25, 0.3) is 0 Å².